The maximum atomic E-state index is 12.5. The van der Waals surface area contributed by atoms with Gasteiger partial charge in [0, 0.05) is 43.6 Å². The summed E-state index contributed by atoms with van der Waals surface area (Å²) in [6, 6.07) is 3.69. The minimum absolute atomic E-state index is 0.0268. The number of aromatic nitrogens is 4. The summed E-state index contributed by atoms with van der Waals surface area (Å²) in [5.41, 5.74) is 4.01. The summed E-state index contributed by atoms with van der Waals surface area (Å²) in [4.78, 5) is 21.9. The van der Waals surface area contributed by atoms with Crippen LogP contribution in [0, 0.1) is 19.8 Å². The third kappa shape index (κ3) is 2.99. The molecule has 26 heavy (non-hydrogen) atoms. The predicted octanol–water partition coefficient (Wildman–Crippen LogP) is 2.55. The highest BCUT2D eigenvalue weighted by Gasteiger charge is 2.33. The molecular formula is C18H21N5O2S. The van der Waals surface area contributed by atoms with E-state index in [1.54, 1.807) is 6.20 Å². The molecule has 3 aromatic rings. The van der Waals surface area contributed by atoms with Crippen molar-refractivity contribution < 1.29 is 9.53 Å². The number of carbonyl (C=O) groups excluding carboxylic acids is 1. The van der Waals surface area contributed by atoms with Crippen LogP contribution in [0.1, 0.15) is 39.3 Å². The lowest BCUT2D eigenvalue weighted by atomic mass is 9.94. The summed E-state index contributed by atoms with van der Waals surface area (Å²) in [7, 11) is 1.94. The van der Waals surface area contributed by atoms with E-state index >= 15 is 0 Å². The van der Waals surface area contributed by atoms with E-state index in [-0.39, 0.29) is 17.9 Å². The van der Waals surface area contributed by atoms with Crippen LogP contribution in [-0.4, -0.2) is 38.8 Å². The van der Waals surface area contributed by atoms with Crippen LogP contribution in [0.4, 0.5) is 0 Å². The van der Waals surface area contributed by atoms with Crippen LogP contribution in [0.25, 0.3) is 10.3 Å². The fourth-order valence-corrected chi connectivity index (χ4v) is 4.35. The Morgan fingerprint density at radius 3 is 3.04 bits per heavy atom. The molecule has 4 rings (SSSR count). The van der Waals surface area contributed by atoms with Crippen molar-refractivity contribution in [2.24, 2.45) is 13.0 Å². The maximum Gasteiger partial charge on any atom is 0.280 e. The van der Waals surface area contributed by atoms with Gasteiger partial charge in [-0.25, -0.2) is 9.97 Å². The van der Waals surface area contributed by atoms with Crippen LogP contribution >= 0.6 is 11.3 Å². The van der Waals surface area contributed by atoms with Gasteiger partial charge in [-0.05, 0) is 32.4 Å². The van der Waals surface area contributed by atoms with Gasteiger partial charge in [0.1, 0.15) is 10.3 Å². The Balaban J connectivity index is 1.47. The monoisotopic (exact) mass is 371 g/mol. The summed E-state index contributed by atoms with van der Waals surface area (Å²) in [6.07, 6.45) is 2.60. The smallest absolute Gasteiger partial charge is 0.280 e. The molecule has 8 heteroatoms. The number of aryl methyl sites for hydroxylation is 2. The van der Waals surface area contributed by atoms with Crippen molar-refractivity contribution >= 4 is 27.6 Å². The largest absolute Gasteiger partial charge is 0.373 e. The van der Waals surface area contributed by atoms with Gasteiger partial charge in [0.2, 0.25) is 0 Å². The Morgan fingerprint density at radius 1 is 1.46 bits per heavy atom. The number of amides is 1. The van der Waals surface area contributed by atoms with Crippen LogP contribution in [0.5, 0.6) is 0 Å². The van der Waals surface area contributed by atoms with Gasteiger partial charge in [-0.2, -0.15) is 5.10 Å². The fourth-order valence-electron chi connectivity index (χ4n) is 3.53. The molecule has 2 atom stereocenters. The number of thiazole rings is 1. The number of nitrogens with zero attached hydrogens (tertiary/aromatic N) is 4. The third-order valence-corrected chi connectivity index (χ3v) is 5.93. The van der Waals surface area contributed by atoms with Gasteiger partial charge < -0.3 is 10.1 Å². The lowest BCUT2D eigenvalue weighted by Crippen LogP contribution is -2.30. The zero-order chi connectivity index (χ0) is 18.3. The number of ether oxygens (including phenoxy) is 1. The molecule has 0 radical (unpaired) electrons. The van der Waals surface area contributed by atoms with Crippen molar-refractivity contribution in [2.45, 2.75) is 26.4 Å². The zero-order valence-electron chi connectivity index (χ0n) is 15.0. The Kier molecular flexibility index (Phi) is 4.46. The number of pyridine rings is 1. The van der Waals surface area contributed by atoms with E-state index < -0.39 is 0 Å². The number of rotatable bonds is 4. The highest BCUT2D eigenvalue weighted by atomic mass is 32.1. The van der Waals surface area contributed by atoms with Crippen molar-refractivity contribution in [3.05, 3.63) is 40.3 Å². The van der Waals surface area contributed by atoms with Crippen molar-refractivity contribution in [3.63, 3.8) is 0 Å². The number of hydrogen-bond donors (Lipinski definition) is 1. The summed E-state index contributed by atoms with van der Waals surface area (Å²) >= 11 is 1.31. The minimum atomic E-state index is -0.154. The highest BCUT2D eigenvalue weighted by Crippen LogP contribution is 2.37. The topological polar surface area (TPSA) is 81.9 Å². The van der Waals surface area contributed by atoms with E-state index in [0.717, 1.165) is 33.7 Å². The second-order valence-corrected chi connectivity index (χ2v) is 7.58. The Labute approximate surface area is 155 Å². The van der Waals surface area contributed by atoms with Crippen LogP contribution in [0.3, 0.4) is 0 Å². The van der Waals surface area contributed by atoms with Gasteiger partial charge in [0.05, 0.1) is 11.8 Å². The first-order valence-electron chi connectivity index (χ1n) is 8.66. The van der Waals surface area contributed by atoms with E-state index in [4.69, 9.17) is 4.74 Å². The van der Waals surface area contributed by atoms with E-state index in [2.05, 4.69) is 27.3 Å². The lowest BCUT2D eigenvalue weighted by Gasteiger charge is -2.19. The SMILES string of the molecule is Cc1nn(C)c(C)c1[C@@H]1OCC[C@H]1CNC(=O)c1nc2cccnc2s1. The van der Waals surface area contributed by atoms with E-state index in [9.17, 15) is 4.79 Å². The van der Waals surface area contributed by atoms with Gasteiger partial charge >= 0.3 is 0 Å². The molecule has 1 saturated heterocycles. The molecule has 0 aromatic carbocycles. The molecule has 0 unspecified atom stereocenters. The number of nitrogens with one attached hydrogen (secondary N) is 1. The highest BCUT2D eigenvalue weighted by molar-refractivity contribution is 7.19. The van der Waals surface area contributed by atoms with Gasteiger partial charge in [0.15, 0.2) is 5.01 Å². The zero-order valence-corrected chi connectivity index (χ0v) is 15.8. The quantitative estimate of drug-likeness (QED) is 0.762. The van der Waals surface area contributed by atoms with Crippen LogP contribution in [0.15, 0.2) is 18.3 Å². The average Bonchev–Trinajstić information content (AvgIpc) is 3.31. The van der Waals surface area contributed by atoms with Crippen LogP contribution in [0.2, 0.25) is 0 Å². The number of hydrogen-bond acceptors (Lipinski definition) is 6. The molecule has 0 bridgehead atoms. The first kappa shape index (κ1) is 17.1. The molecule has 0 aliphatic carbocycles. The fraction of sp³-hybridized carbons (Fsp3) is 0.444. The molecule has 7 nitrogen and oxygen atoms in total. The first-order chi connectivity index (χ1) is 12.5. The molecular weight excluding hydrogens is 350 g/mol. The van der Waals surface area contributed by atoms with Gasteiger partial charge in [-0.15, -0.1) is 0 Å². The third-order valence-electron chi connectivity index (χ3n) is 4.95. The van der Waals surface area contributed by atoms with Crippen LogP contribution < -0.4 is 5.32 Å². The second-order valence-electron chi connectivity index (χ2n) is 6.60. The molecule has 1 N–H and O–H groups in total. The molecule has 1 aliphatic heterocycles. The molecule has 1 amide bonds. The summed E-state index contributed by atoms with van der Waals surface area (Å²) in [5.74, 6) is 0.0753. The molecule has 1 aliphatic rings. The normalized spacial score (nSPS) is 20.0. The maximum absolute atomic E-state index is 12.5. The van der Waals surface area contributed by atoms with Crippen molar-refractivity contribution in [1.82, 2.24) is 25.1 Å². The van der Waals surface area contributed by atoms with Gasteiger partial charge in [-0.3, -0.25) is 9.48 Å². The molecule has 1 fully saturated rings. The Bertz CT molecular complexity index is 931. The second kappa shape index (κ2) is 6.77. The lowest BCUT2D eigenvalue weighted by molar-refractivity contribution is 0.0840. The summed E-state index contributed by atoms with van der Waals surface area (Å²) < 4.78 is 7.87. The summed E-state index contributed by atoms with van der Waals surface area (Å²) in [6.45, 7) is 5.32. The van der Waals surface area contributed by atoms with E-state index in [0.29, 0.717) is 18.2 Å². The molecule has 0 spiro atoms. The van der Waals surface area contributed by atoms with Crippen molar-refractivity contribution in [3.8, 4) is 0 Å². The summed E-state index contributed by atoms with van der Waals surface area (Å²) in [5, 5.41) is 7.96. The first-order valence-corrected chi connectivity index (χ1v) is 9.47. The molecule has 0 saturated carbocycles. The van der Waals surface area contributed by atoms with Gasteiger partial charge in [0.25, 0.3) is 5.91 Å². The number of carbonyl (C=O) groups is 1. The van der Waals surface area contributed by atoms with E-state index in [1.165, 1.54) is 11.3 Å². The standard InChI is InChI=1S/C18H21N5O2S/c1-10-14(11(2)23(3)22-10)15-12(6-8-25-15)9-20-16(24)18-21-13-5-4-7-19-17(13)26-18/h4-5,7,12,15H,6,8-9H2,1-3H3,(H,20,24)/t12-,15+/m0/s1. The molecule has 4 heterocycles. The Morgan fingerprint density at radius 2 is 2.31 bits per heavy atom. The van der Waals surface area contributed by atoms with Crippen molar-refractivity contribution in [1.29, 1.82) is 0 Å². The van der Waals surface area contributed by atoms with E-state index in [1.807, 2.05) is 30.8 Å². The average molecular weight is 371 g/mol. The number of fused-ring (bicyclic) bond motifs is 1. The molecule has 3 aromatic heterocycles. The predicted molar refractivity (Wildman–Crippen MR) is 99.2 cm³/mol. The van der Waals surface area contributed by atoms with Gasteiger partial charge in [-0.1, -0.05) is 11.3 Å². The Hall–Kier alpha value is -2.32. The van der Waals surface area contributed by atoms with Crippen LogP contribution in [-0.2, 0) is 11.8 Å². The minimum Gasteiger partial charge on any atom is -0.373 e. The molecule has 136 valence electrons. The van der Waals surface area contributed by atoms with Crippen molar-refractivity contribution in [2.75, 3.05) is 13.2 Å².